The predicted octanol–water partition coefficient (Wildman–Crippen LogP) is 1.91. The second-order valence-electron chi connectivity index (χ2n) is 5.10. The molecule has 2 unspecified atom stereocenters. The fraction of sp³-hybridized carbons (Fsp3) is 0.533. The average Bonchev–Trinajstić information content (AvgIpc) is 2.46. The Morgan fingerprint density at radius 3 is 2.89 bits per heavy atom. The summed E-state index contributed by atoms with van der Waals surface area (Å²) in [5.41, 5.74) is 1.28. The minimum Gasteiger partial charge on any atom is -0.355 e. The smallest absolute Gasteiger partial charge is 0.224 e. The van der Waals surface area contributed by atoms with Crippen molar-refractivity contribution in [3.63, 3.8) is 0 Å². The van der Waals surface area contributed by atoms with Crippen molar-refractivity contribution in [3.8, 4) is 0 Å². The Morgan fingerprint density at radius 2 is 2.22 bits per heavy atom. The van der Waals surface area contributed by atoms with Crippen molar-refractivity contribution in [3.05, 3.63) is 35.9 Å². The van der Waals surface area contributed by atoms with Crippen LogP contribution in [0.25, 0.3) is 0 Å². The molecule has 98 valence electrons. The predicted molar refractivity (Wildman–Crippen MR) is 73.5 cm³/mol. The van der Waals surface area contributed by atoms with Gasteiger partial charge < -0.3 is 10.6 Å². The lowest BCUT2D eigenvalue weighted by molar-refractivity contribution is -0.125. The van der Waals surface area contributed by atoms with Crippen LogP contribution >= 0.6 is 0 Å². The SMILES string of the molecule is CC(CNC(=O)C1CCCNC1)c1ccccc1. The highest BCUT2D eigenvalue weighted by atomic mass is 16.1. The van der Waals surface area contributed by atoms with Gasteiger partial charge in [0.2, 0.25) is 5.91 Å². The van der Waals surface area contributed by atoms with Gasteiger partial charge in [-0.1, -0.05) is 37.3 Å². The van der Waals surface area contributed by atoms with Gasteiger partial charge in [0.1, 0.15) is 0 Å². The zero-order valence-electron chi connectivity index (χ0n) is 11.0. The summed E-state index contributed by atoms with van der Waals surface area (Å²) in [6.07, 6.45) is 2.12. The Labute approximate surface area is 109 Å². The van der Waals surface area contributed by atoms with Crippen LogP contribution in [0.2, 0.25) is 0 Å². The molecule has 2 rings (SSSR count). The van der Waals surface area contributed by atoms with Crippen molar-refractivity contribution in [1.29, 1.82) is 0 Å². The van der Waals surface area contributed by atoms with E-state index in [1.54, 1.807) is 0 Å². The van der Waals surface area contributed by atoms with Crippen LogP contribution in [0.3, 0.4) is 0 Å². The van der Waals surface area contributed by atoms with Gasteiger partial charge in [-0.05, 0) is 30.9 Å². The summed E-state index contributed by atoms with van der Waals surface area (Å²) < 4.78 is 0. The fourth-order valence-corrected chi connectivity index (χ4v) is 2.37. The van der Waals surface area contributed by atoms with E-state index in [9.17, 15) is 4.79 Å². The van der Waals surface area contributed by atoms with Crippen molar-refractivity contribution >= 4 is 5.91 Å². The van der Waals surface area contributed by atoms with Gasteiger partial charge in [0, 0.05) is 13.1 Å². The Bertz CT molecular complexity index is 371. The Balaban J connectivity index is 1.78. The molecule has 0 saturated carbocycles. The van der Waals surface area contributed by atoms with E-state index in [0.717, 1.165) is 32.5 Å². The van der Waals surface area contributed by atoms with Gasteiger partial charge in [0.05, 0.1) is 5.92 Å². The Hall–Kier alpha value is -1.35. The molecule has 0 aromatic heterocycles. The first-order valence-electron chi connectivity index (χ1n) is 6.80. The third kappa shape index (κ3) is 3.57. The Kier molecular flexibility index (Phi) is 4.76. The van der Waals surface area contributed by atoms with Gasteiger partial charge in [-0.3, -0.25) is 4.79 Å². The van der Waals surface area contributed by atoms with Crippen LogP contribution < -0.4 is 10.6 Å². The van der Waals surface area contributed by atoms with E-state index in [2.05, 4.69) is 29.7 Å². The van der Waals surface area contributed by atoms with Crippen molar-refractivity contribution in [2.75, 3.05) is 19.6 Å². The van der Waals surface area contributed by atoms with Crippen molar-refractivity contribution < 1.29 is 4.79 Å². The van der Waals surface area contributed by atoms with E-state index in [1.807, 2.05) is 18.2 Å². The lowest BCUT2D eigenvalue weighted by Crippen LogP contribution is -2.41. The van der Waals surface area contributed by atoms with E-state index in [4.69, 9.17) is 0 Å². The molecule has 0 aliphatic carbocycles. The molecule has 1 aliphatic rings. The van der Waals surface area contributed by atoms with Gasteiger partial charge in [-0.15, -0.1) is 0 Å². The molecule has 18 heavy (non-hydrogen) atoms. The third-order valence-corrected chi connectivity index (χ3v) is 3.62. The van der Waals surface area contributed by atoms with Crippen LogP contribution in [0.5, 0.6) is 0 Å². The maximum atomic E-state index is 12.0. The quantitative estimate of drug-likeness (QED) is 0.852. The summed E-state index contributed by atoms with van der Waals surface area (Å²) in [6.45, 7) is 4.74. The zero-order valence-corrected chi connectivity index (χ0v) is 11.0. The van der Waals surface area contributed by atoms with E-state index in [-0.39, 0.29) is 11.8 Å². The molecule has 1 fully saturated rings. The van der Waals surface area contributed by atoms with Crippen LogP contribution in [-0.4, -0.2) is 25.5 Å². The van der Waals surface area contributed by atoms with Gasteiger partial charge in [-0.2, -0.15) is 0 Å². The molecule has 1 saturated heterocycles. The second kappa shape index (κ2) is 6.55. The highest BCUT2D eigenvalue weighted by Crippen LogP contribution is 2.14. The van der Waals surface area contributed by atoms with Gasteiger partial charge in [-0.25, -0.2) is 0 Å². The third-order valence-electron chi connectivity index (χ3n) is 3.62. The van der Waals surface area contributed by atoms with Crippen LogP contribution in [0.4, 0.5) is 0 Å². The van der Waals surface area contributed by atoms with Crippen LogP contribution in [0.1, 0.15) is 31.2 Å². The van der Waals surface area contributed by atoms with Gasteiger partial charge >= 0.3 is 0 Å². The normalized spacial score (nSPS) is 21.3. The number of nitrogens with one attached hydrogen (secondary N) is 2. The van der Waals surface area contributed by atoms with Gasteiger partial charge in [0.25, 0.3) is 0 Å². The molecule has 1 aromatic carbocycles. The van der Waals surface area contributed by atoms with Crippen LogP contribution in [-0.2, 0) is 4.79 Å². The number of carbonyl (C=O) groups excluding carboxylic acids is 1. The first-order chi connectivity index (χ1) is 8.77. The number of benzene rings is 1. The summed E-state index contributed by atoms with van der Waals surface area (Å²) in [6, 6.07) is 10.3. The van der Waals surface area contributed by atoms with E-state index in [1.165, 1.54) is 5.56 Å². The lowest BCUT2D eigenvalue weighted by Gasteiger charge is -2.23. The molecule has 1 aromatic rings. The van der Waals surface area contributed by atoms with E-state index < -0.39 is 0 Å². The highest BCUT2D eigenvalue weighted by molar-refractivity contribution is 5.79. The number of carbonyl (C=O) groups is 1. The number of hydrogen-bond acceptors (Lipinski definition) is 2. The minimum absolute atomic E-state index is 0.154. The molecule has 2 atom stereocenters. The number of rotatable bonds is 4. The fourth-order valence-electron chi connectivity index (χ4n) is 2.37. The first kappa shape index (κ1) is 13.1. The maximum absolute atomic E-state index is 12.0. The second-order valence-corrected chi connectivity index (χ2v) is 5.10. The average molecular weight is 246 g/mol. The molecule has 1 amide bonds. The molecule has 2 N–H and O–H groups in total. The van der Waals surface area contributed by atoms with Crippen LogP contribution in [0, 0.1) is 5.92 Å². The number of piperidine rings is 1. The van der Waals surface area contributed by atoms with Crippen LogP contribution in [0.15, 0.2) is 30.3 Å². The molecular weight excluding hydrogens is 224 g/mol. The minimum atomic E-state index is 0.154. The molecule has 3 nitrogen and oxygen atoms in total. The molecule has 0 bridgehead atoms. The molecular formula is C15H22N2O. The topological polar surface area (TPSA) is 41.1 Å². The zero-order chi connectivity index (χ0) is 12.8. The molecule has 1 heterocycles. The summed E-state index contributed by atoms with van der Waals surface area (Å²) in [5, 5.41) is 6.35. The monoisotopic (exact) mass is 246 g/mol. The maximum Gasteiger partial charge on any atom is 0.224 e. The Morgan fingerprint density at radius 1 is 1.44 bits per heavy atom. The van der Waals surface area contributed by atoms with E-state index >= 15 is 0 Å². The molecule has 0 spiro atoms. The van der Waals surface area contributed by atoms with E-state index in [0.29, 0.717) is 5.92 Å². The standard InChI is InChI=1S/C15H22N2O/c1-12(13-6-3-2-4-7-13)10-17-15(18)14-8-5-9-16-11-14/h2-4,6-7,12,14,16H,5,8-11H2,1H3,(H,17,18). The number of amides is 1. The largest absolute Gasteiger partial charge is 0.355 e. The molecule has 0 radical (unpaired) electrons. The summed E-state index contributed by atoms with van der Waals surface area (Å²) in [4.78, 5) is 12.0. The first-order valence-corrected chi connectivity index (χ1v) is 6.80. The summed E-state index contributed by atoms with van der Waals surface area (Å²) >= 11 is 0. The summed E-state index contributed by atoms with van der Waals surface area (Å²) in [7, 11) is 0. The molecule has 1 aliphatic heterocycles. The molecule has 3 heteroatoms. The van der Waals surface area contributed by atoms with Crippen molar-refractivity contribution in [2.24, 2.45) is 5.92 Å². The van der Waals surface area contributed by atoms with Crippen molar-refractivity contribution in [2.45, 2.75) is 25.7 Å². The van der Waals surface area contributed by atoms with Crippen molar-refractivity contribution in [1.82, 2.24) is 10.6 Å². The number of hydrogen-bond donors (Lipinski definition) is 2. The highest BCUT2D eigenvalue weighted by Gasteiger charge is 2.20. The summed E-state index contributed by atoms with van der Waals surface area (Å²) in [5.74, 6) is 0.721. The lowest BCUT2D eigenvalue weighted by atomic mass is 9.97. The van der Waals surface area contributed by atoms with Gasteiger partial charge in [0.15, 0.2) is 0 Å².